The smallest absolute Gasteiger partial charge is 0.292 e. The van der Waals surface area contributed by atoms with Crippen molar-refractivity contribution in [3.05, 3.63) is 11.5 Å². The minimum Gasteiger partial charge on any atom is -0.428 e. The molecule has 0 bridgehead atoms. The predicted molar refractivity (Wildman–Crippen MR) is 51.5 cm³/mol. The summed E-state index contributed by atoms with van der Waals surface area (Å²) in [5.41, 5.74) is 6.60. The van der Waals surface area contributed by atoms with Gasteiger partial charge < -0.3 is 10.2 Å². The van der Waals surface area contributed by atoms with E-state index in [-0.39, 0.29) is 0 Å². The van der Waals surface area contributed by atoms with E-state index in [2.05, 4.69) is 11.9 Å². The molecule has 1 aromatic heterocycles. The van der Waals surface area contributed by atoms with Crippen LogP contribution in [0.15, 0.2) is 4.42 Å². The number of oxazole rings is 1. The molecule has 13 heavy (non-hydrogen) atoms. The van der Waals surface area contributed by atoms with Gasteiger partial charge in [0, 0.05) is 5.92 Å². The largest absolute Gasteiger partial charge is 0.428 e. The monoisotopic (exact) mass is 180 g/mol. The van der Waals surface area contributed by atoms with Gasteiger partial charge in [-0.3, -0.25) is 0 Å². The number of aromatic nitrogens is 1. The number of hydrogen-bond acceptors (Lipinski definition) is 3. The lowest BCUT2D eigenvalue weighted by atomic mass is 10.0. The van der Waals surface area contributed by atoms with E-state index in [0.717, 1.165) is 17.9 Å². The summed E-state index contributed by atoms with van der Waals surface area (Å²) in [6.45, 7) is 2.09. The highest BCUT2D eigenvalue weighted by molar-refractivity contribution is 5.23. The molecule has 1 aliphatic rings. The molecule has 0 unspecified atom stereocenters. The van der Waals surface area contributed by atoms with E-state index >= 15 is 0 Å². The van der Waals surface area contributed by atoms with E-state index in [0.29, 0.717) is 11.9 Å². The number of aryl methyl sites for hydroxylation is 1. The normalized spacial score (nSPS) is 18.2. The third kappa shape index (κ3) is 1.55. The molecule has 0 atom stereocenters. The highest BCUT2D eigenvalue weighted by atomic mass is 16.4. The number of nitrogens with two attached hydrogens (primary N) is 1. The molecular weight excluding hydrogens is 164 g/mol. The lowest BCUT2D eigenvalue weighted by Crippen LogP contribution is -1.94. The first-order chi connectivity index (χ1) is 6.31. The quantitative estimate of drug-likeness (QED) is 0.760. The van der Waals surface area contributed by atoms with Crippen molar-refractivity contribution in [1.82, 2.24) is 4.98 Å². The number of hydrogen-bond donors (Lipinski definition) is 1. The van der Waals surface area contributed by atoms with Crippen molar-refractivity contribution in [2.75, 3.05) is 5.73 Å². The van der Waals surface area contributed by atoms with E-state index in [1.54, 1.807) is 0 Å². The van der Waals surface area contributed by atoms with Crippen LogP contribution in [-0.4, -0.2) is 4.98 Å². The molecule has 0 aromatic carbocycles. The number of nitrogens with zero attached hydrogens (tertiary/aromatic N) is 1. The van der Waals surface area contributed by atoms with Crippen molar-refractivity contribution in [2.24, 2.45) is 0 Å². The van der Waals surface area contributed by atoms with Gasteiger partial charge in [-0.05, 0) is 19.3 Å². The molecule has 1 aliphatic carbocycles. The zero-order valence-electron chi connectivity index (χ0n) is 8.05. The Morgan fingerprint density at radius 1 is 1.46 bits per heavy atom. The second-order valence-electron chi connectivity index (χ2n) is 3.70. The van der Waals surface area contributed by atoms with Crippen LogP contribution >= 0.6 is 0 Å². The Bertz CT molecular complexity index is 287. The molecule has 0 aliphatic heterocycles. The Kier molecular flexibility index (Phi) is 2.25. The maximum atomic E-state index is 5.54. The van der Waals surface area contributed by atoms with Gasteiger partial charge in [0.25, 0.3) is 6.01 Å². The van der Waals surface area contributed by atoms with Gasteiger partial charge in [0.1, 0.15) is 5.76 Å². The van der Waals surface area contributed by atoms with E-state index in [1.807, 2.05) is 0 Å². The summed E-state index contributed by atoms with van der Waals surface area (Å²) < 4.78 is 5.46. The molecule has 1 saturated carbocycles. The zero-order valence-corrected chi connectivity index (χ0v) is 8.05. The molecule has 2 rings (SSSR count). The lowest BCUT2D eigenvalue weighted by Gasteiger charge is -2.05. The van der Waals surface area contributed by atoms with Crippen LogP contribution in [0.1, 0.15) is 50.0 Å². The average molecular weight is 180 g/mol. The summed E-state index contributed by atoms with van der Waals surface area (Å²) in [6.07, 6.45) is 6.03. The van der Waals surface area contributed by atoms with Crippen LogP contribution in [0.3, 0.4) is 0 Å². The third-order valence-corrected chi connectivity index (χ3v) is 2.80. The minimum absolute atomic E-state index is 0.332. The van der Waals surface area contributed by atoms with Crippen LogP contribution in [-0.2, 0) is 6.42 Å². The average Bonchev–Trinajstić information content (AvgIpc) is 2.71. The molecule has 3 heteroatoms. The first kappa shape index (κ1) is 8.60. The van der Waals surface area contributed by atoms with Gasteiger partial charge in [0.2, 0.25) is 0 Å². The van der Waals surface area contributed by atoms with E-state index in [9.17, 15) is 0 Å². The van der Waals surface area contributed by atoms with Crippen LogP contribution in [0, 0.1) is 0 Å². The fourth-order valence-corrected chi connectivity index (χ4v) is 2.14. The Balaban J connectivity index is 2.26. The Labute approximate surface area is 78.3 Å². The zero-order chi connectivity index (χ0) is 9.26. The van der Waals surface area contributed by atoms with E-state index < -0.39 is 0 Å². The van der Waals surface area contributed by atoms with Crippen molar-refractivity contribution in [3.63, 3.8) is 0 Å². The highest BCUT2D eigenvalue weighted by Gasteiger charge is 2.24. The van der Waals surface area contributed by atoms with Crippen LogP contribution in [0.2, 0.25) is 0 Å². The fourth-order valence-electron chi connectivity index (χ4n) is 2.14. The highest BCUT2D eigenvalue weighted by Crippen LogP contribution is 2.36. The summed E-state index contributed by atoms with van der Waals surface area (Å²) in [5, 5.41) is 0. The van der Waals surface area contributed by atoms with E-state index in [1.165, 1.54) is 25.7 Å². The standard InChI is InChI=1S/C10H16N2O/c1-2-8-9(13-10(11)12-8)7-5-3-4-6-7/h7H,2-6H2,1H3,(H2,11,12). The second-order valence-corrected chi connectivity index (χ2v) is 3.70. The summed E-state index contributed by atoms with van der Waals surface area (Å²) in [6, 6.07) is 0.332. The Morgan fingerprint density at radius 2 is 2.15 bits per heavy atom. The number of anilines is 1. The van der Waals surface area contributed by atoms with Crippen LogP contribution in [0.5, 0.6) is 0 Å². The summed E-state index contributed by atoms with van der Waals surface area (Å²) >= 11 is 0. The molecule has 3 nitrogen and oxygen atoms in total. The van der Waals surface area contributed by atoms with Crippen molar-refractivity contribution >= 4 is 6.01 Å². The molecular formula is C10H16N2O. The topological polar surface area (TPSA) is 52.0 Å². The third-order valence-electron chi connectivity index (χ3n) is 2.80. The Hall–Kier alpha value is -0.990. The van der Waals surface area contributed by atoms with Crippen LogP contribution in [0.4, 0.5) is 6.01 Å². The first-order valence-electron chi connectivity index (χ1n) is 5.06. The molecule has 0 radical (unpaired) electrons. The molecule has 2 N–H and O–H groups in total. The molecule has 0 amide bonds. The predicted octanol–water partition coefficient (Wildman–Crippen LogP) is 2.48. The van der Waals surface area contributed by atoms with Crippen LogP contribution < -0.4 is 5.73 Å². The van der Waals surface area contributed by atoms with Crippen molar-refractivity contribution in [2.45, 2.75) is 44.9 Å². The van der Waals surface area contributed by atoms with E-state index in [4.69, 9.17) is 10.2 Å². The summed E-state index contributed by atoms with van der Waals surface area (Å²) in [5.74, 6) is 1.64. The SMILES string of the molecule is CCc1nc(N)oc1C1CCCC1. The number of nitrogen functional groups attached to an aromatic ring is 1. The molecule has 72 valence electrons. The van der Waals surface area contributed by atoms with Gasteiger partial charge in [-0.25, -0.2) is 0 Å². The van der Waals surface area contributed by atoms with Crippen molar-refractivity contribution < 1.29 is 4.42 Å². The molecule has 1 fully saturated rings. The number of rotatable bonds is 2. The van der Waals surface area contributed by atoms with Gasteiger partial charge in [-0.15, -0.1) is 0 Å². The second kappa shape index (κ2) is 3.40. The van der Waals surface area contributed by atoms with Gasteiger partial charge in [-0.1, -0.05) is 19.8 Å². The fraction of sp³-hybridized carbons (Fsp3) is 0.700. The summed E-state index contributed by atoms with van der Waals surface area (Å²) in [7, 11) is 0. The van der Waals surface area contributed by atoms with Crippen molar-refractivity contribution in [3.8, 4) is 0 Å². The summed E-state index contributed by atoms with van der Waals surface area (Å²) in [4.78, 5) is 4.18. The van der Waals surface area contributed by atoms with Gasteiger partial charge in [0.05, 0.1) is 5.69 Å². The van der Waals surface area contributed by atoms with Crippen molar-refractivity contribution in [1.29, 1.82) is 0 Å². The lowest BCUT2D eigenvalue weighted by molar-refractivity contribution is 0.472. The minimum atomic E-state index is 0.332. The van der Waals surface area contributed by atoms with Crippen LogP contribution in [0.25, 0.3) is 0 Å². The first-order valence-corrected chi connectivity index (χ1v) is 5.06. The van der Waals surface area contributed by atoms with Gasteiger partial charge in [0.15, 0.2) is 0 Å². The van der Waals surface area contributed by atoms with Gasteiger partial charge >= 0.3 is 0 Å². The Morgan fingerprint density at radius 3 is 2.77 bits per heavy atom. The molecule has 1 aromatic rings. The maximum absolute atomic E-state index is 5.54. The van der Waals surface area contributed by atoms with Gasteiger partial charge in [-0.2, -0.15) is 4.98 Å². The molecule has 1 heterocycles. The maximum Gasteiger partial charge on any atom is 0.292 e. The molecule has 0 saturated heterocycles. The molecule has 0 spiro atoms.